The average Bonchev–Trinajstić information content (AvgIpc) is 3.21. The van der Waals surface area contributed by atoms with Crippen molar-refractivity contribution in [3.63, 3.8) is 0 Å². The van der Waals surface area contributed by atoms with Crippen LogP contribution in [0.5, 0.6) is 0 Å². The Morgan fingerprint density at radius 3 is 2.52 bits per heavy atom. The van der Waals surface area contributed by atoms with Crippen molar-refractivity contribution in [2.24, 2.45) is 0 Å². The summed E-state index contributed by atoms with van der Waals surface area (Å²) in [6, 6.07) is 0.124. The van der Waals surface area contributed by atoms with Crippen molar-refractivity contribution in [1.29, 1.82) is 0 Å². The van der Waals surface area contributed by atoms with Gasteiger partial charge in [0.1, 0.15) is 11.3 Å². The van der Waals surface area contributed by atoms with Crippen LogP contribution in [-0.2, 0) is 0 Å². The fourth-order valence-electron chi connectivity index (χ4n) is 3.13. The average molecular weight is 362 g/mol. The fraction of sp³-hybridized carbons (Fsp3) is 0.529. The molecule has 1 saturated heterocycles. The number of likely N-dealkylation sites (tertiary alicyclic amines) is 1. The van der Waals surface area contributed by atoms with Crippen molar-refractivity contribution < 1.29 is 14.7 Å². The zero-order valence-corrected chi connectivity index (χ0v) is 15.4. The summed E-state index contributed by atoms with van der Waals surface area (Å²) in [6.07, 6.45) is 2.92. The van der Waals surface area contributed by atoms with E-state index in [9.17, 15) is 9.59 Å². The first kappa shape index (κ1) is 17.6. The number of carbonyl (C=O) groups is 2. The summed E-state index contributed by atoms with van der Waals surface area (Å²) in [6.45, 7) is 7.16. The van der Waals surface area contributed by atoms with Gasteiger partial charge in [-0.2, -0.15) is 5.10 Å². The summed E-state index contributed by atoms with van der Waals surface area (Å²) in [7, 11) is 0. The third kappa shape index (κ3) is 3.44. The SMILES string of the molecule is Cc1c(C(=O)O)cnn1C1CCN(C(=O)c2csc(C(C)C)n2)CC1. The lowest BCUT2D eigenvalue weighted by Gasteiger charge is -2.32. The summed E-state index contributed by atoms with van der Waals surface area (Å²) < 4.78 is 1.78. The van der Waals surface area contributed by atoms with Gasteiger partial charge in [0.05, 0.1) is 22.9 Å². The number of nitrogens with zero attached hydrogens (tertiary/aromatic N) is 4. The van der Waals surface area contributed by atoms with E-state index < -0.39 is 5.97 Å². The summed E-state index contributed by atoms with van der Waals surface area (Å²) in [5.41, 5.74) is 1.43. The van der Waals surface area contributed by atoms with Crippen LogP contribution in [0.4, 0.5) is 0 Å². The molecular weight excluding hydrogens is 340 g/mol. The minimum Gasteiger partial charge on any atom is -0.478 e. The van der Waals surface area contributed by atoms with E-state index in [1.807, 2.05) is 10.3 Å². The van der Waals surface area contributed by atoms with Crippen LogP contribution in [0.2, 0.25) is 0 Å². The van der Waals surface area contributed by atoms with Crippen molar-refractivity contribution in [3.8, 4) is 0 Å². The number of rotatable bonds is 4. The quantitative estimate of drug-likeness (QED) is 0.903. The van der Waals surface area contributed by atoms with E-state index in [4.69, 9.17) is 5.11 Å². The fourth-order valence-corrected chi connectivity index (χ4v) is 3.94. The topological polar surface area (TPSA) is 88.3 Å². The predicted molar refractivity (Wildman–Crippen MR) is 94.3 cm³/mol. The molecule has 0 unspecified atom stereocenters. The lowest BCUT2D eigenvalue weighted by molar-refractivity contribution is 0.0683. The van der Waals surface area contributed by atoms with E-state index in [1.165, 1.54) is 17.5 Å². The Morgan fingerprint density at radius 2 is 2.00 bits per heavy atom. The molecule has 1 fully saturated rings. The number of carboxylic acids is 1. The third-order valence-corrected chi connectivity index (χ3v) is 5.75. The minimum absolute atomic E-state index is 0.0231. The molecule has 8 heteroatoms. The second kappa shape index (κ2) is 6.95. The smallest absolute Gasteiger partial charge is 0.339 e. The Hall–Kier alpha value is -2.22. The van der Waals surface area contributed by atoms with Crippen molar-refractivity contribution in [2.45, 2.75) is 45.6 Å². The van der Waals surface area contributed by atoms with E-state index in [2.05, 4.69) is 23.9 Å². The van der Waals surface area contributed by atoms with E-state index in [0.29, 0.717) is 30.4 Å². The van der Waals surface area contributed by atoms with Crippen molar-refractivity contribution in [3.05, 3.63) is 33.5 Å². The Morgan fingerprint density at radius 1 is 1.32 bits per heavy atom. The van der Waals surface area contributed by atoms with Crippen LogP contribution in [0.1, 0.15) is 70.2 Å². The molecule has 7 nitrogen and oxygen atoms in total. The van der Waals surface area contributed by atoms with Crippen LogP contribution in [0.25, 0.3) is 0 Å². The van der Waals surface area contributed by atoms with Crippen LogP contribution in [0.3, 0.4) is 0 Å². The number of aromatic nitrogens is 3. The van der Waals surface area contributed by atoms with Crippen molar-refractivity contribution >= 4 is 23.2 Å². The molecule has 0 atom stereocenters. The summed E-state index contributed by atoms with van der Waals surface area (Å²) in [5, 5.41) is 16.2. The third-order valence-electron chi connectivity index (χ3n) is 4.61. The molecule has 1 aliphatic heterocycles. The molecule has 1 aliphatic rings. The molecule has 3 heterocycles. The number of thiazole rings is 1. The summed E-state index contributed by atoms with van der Waals surface area (Å²) >= 11 is 1.53. The van der Waals surface area contributed by atoms with Crippen LogP contribution in [0, 0.1) is 6.92 Å². The predicted octanol–water partition coefficient (Wildman–Crippen LogP) is 2.95. The monoisotopic (exact) mass is 362 g/mol. The molecule has 0 aromatic carbocycles. The summed E-state index contributed by atoms with van der Waals surface area (Å²) in [4.78, 5) is 30.0. The molecule has 0 spiro atoms. The molecule has 0 saturated carbocycles. The highest BCUT2D eigenvalue weighted by atomic mass is 32.1. The molecule has 0 radical (unpaired) electrons. The number of carboxylic acid groups (broad SMARTS) is 1. The number of aromatic carboxylic acids is 1. The Balaban J connectivity index is 1.65. The first-order chi connectivity index (χ1) is 11.9. The molecular formula is C17H22N4O3S. The minimum atomic E-state index is -0.958. The van der Waals surface area contributed by atoms with Crippen molar-refractivity contribution in [2.75, 3.05) is 13.1 Å². The summed E-state index contributed by atoms with van der Waals surface area (Å²) in [5.74, 6) is -0.658. The van der Waals surface area contributed by atoms with E-state index in [-0.39, 0.29) is 17.5 Å². The molecule has 1 N–H and O–H groups in total. The standard InChI is InChI=1S/C17H22N4O3S/c1-10(2)15-19-14(9-25-15)16(22)20-6-4-12(5-7-20)21-11(3)13(8-18-21)17(23)24/h8-10,12H,4-7H2,1-3H3,(H,23,24). The number of hydrogen-bond acceptors (Lipinski definition) is 5. The maximum Gasteiger partial charge on any atom is 0.339 e. The Bertz CT molecular complexity index is 788. The molecule has 2 aromatic rings. The zero-order chi connectivity index (χ0) is 18.1. The molecule has 0 aliphatic carbocycles. The molecule has 2 aromatic heterocycles. The van der Waals surface area contributed by atoms with Gasteiger partial charge in [-0.05, 0) is 19.8 Å². The van der Waals surface area contributed by atoms with Gasteiger partial charge in [-0.3, -0.25) is 9.48 Å². The highest BCUT2D eigenvalue weighted by molar-refractivity contribution is 7.09. The molecule has 3 rings (SSSR count). The van der Waals surface area contributed by atoms with E-state index in [0.717, 1.165) is 17.8 Å². The number of amides is 1. The Labute approximate surface area is 150 Å². The largest absolute Gasteiger partial charge is 0.478 e. The van der Waals surface area contributed by atoms with Gasteiger partial charge >= 0.3 is 5.97 Å². The van der Waals surface area contributed by atoms with Gasteiger partial charge in [-0.1, -0.05) is 13.8 Å². The molecule has 0 bridgehead atoms. The first-order valence-electron chi connectivity index (χ1n) is 8.40. The maximum absolute atomic E-state index is 12.6. The van der Waals surface area contributed by atoms with Gasteiger partial charge in [0.25, 0.3) is 5.91 Å². The van der Waals surface area contributed by atoms with Gasteiger partial charge in [-0.15, -0.1) is 11.3 Å². The van der Waals surface area contributed by atoms with E-state index in [1.54, 1.807) is 11.6 Å². The second-order valence-corrected chi connectivity index (χ2v) is 7.53. The highest BCUT2D eigenvalue weighted by Crippen LogP contribution is 2.26. The van der Waals surface area contributed by atoms with Crippen LogP contribution in [-0.4, -0.2) is 49.7 Å². The van der Waals surface area contributed by atoms with Gasteiger partial charge in [0.2, 0.25) is 0 Å². The van der Waals surface area contributed by atoms with Gasteiger partial charge < -0.3 is 10.0 Å². The number of piperidine rings is 1. The molecule has 25 heavy (non-hydrogen) atoms. The van der Waals surface area contributed by atoms with Crippen molar-refractivity contribution in [1.82, 2.24) is 19.7 Å². The highest BCUT2D eigenvalue weighted by Gasteiger charge is 2.28. The van der Waals surface area contributed by atoms with Gasteiger partial charge in [-0.25, -0.2) is 9.78 Å². The van der Waals surface area contributed by atoms with Crippen LogP contribution in [0.15, 0.2) is 11.6 Å². The van der Waals surface area contributed by atoms with Crippen LogP contribution < -0.4 is 0 Å². The number of hydrogen-bond donors (Lipinski definition) is 1. The maximum atomic E-state index is 12.6. The second-order valence-electron chi connectivity index (χ2n) is 6.64. The first-order valence-corrected chi connectivity index (χ1v) is 9.28. The molecule has 134 valence electrons. The lowest BCUT2D eigenvalue weighted by Crippen LogP contribution is -2.39. The van der Waals surface area contributed by atoms with Gasteiger partial charge in [0, 0.05) is 24.4 Å². The Kier molecular flexibility index (Phi) is 4.89. The van der Waals surface area contributed by atoms with Gasteiger partial charge in [0.15, 0.2) is 0 Å². The molecule has 1 amide bonds. The normalized spacial score (nSPS) is 15.8. The van der Waals surface area contributed by atoms with E-state index >= 15 is 0 Å². The zero-order valence-electron chi connectivity index (χ0n) is 14.6. The lowest BCUT2D eigenvalue weighted by atomic mass is 10.0. The number of carbonyl (C=O) groups excluding carboxylic acids is 1. The van der Waals surface area contributed by atoms with Crippen LogP contribution >= 0.6 is 11.3 Å².